The predicted molar refractivity (Wildman–Crippen MR) is 131 cm³/mol. The van der Waals surface area contributed by atoms with Crippen molar-refractivity contribution in [1.29, 1.82) is 0 Å². The summed E-state index contributed by atoms with van der Waals surface area (Å²) in [4.78, 5) is 20.3. The van der Waals surface area contributed by atoms with Gasteiger partial charge in [-0.3, -0.25) is 4.98 Å². The Bertz CT molecular complexity index is 1530. The molecule has 2 heterocycles. The highest BCUT2D eigenvalue weighted by Gasteiger charge is 2.29. The molecule has 2 aromatic heterocycles. The molecule has 36 heavy (non-hydrogen) atoms. The highest BCUT2D eigenvalue weighted by molar-refractivity contribution is 7.92. The molecular formula is C26H23F2N3O4S. The maximum absolute atomic E-state index is 13.8. The zero-order valence-corrected chi connectivity index (χ0v) is 20.4. The van der Waals surface area contributed by atoms with Crippen molar-refractivity contribution in [2.24, 2.45) is 0 Å². The van der Waals surface area contributed by atoms with Crippen LogP contribution in [0.15, 0.2) is 71.8 Å². The number of nitrogens with zero attached hydrogens (tertiary/aromatic N) is 3. The molecule has 0 saturated heterocycles. The van der Waals surface area contributed by atoms with Crippen LogP contribution in [0.1, 0.15) is 34.2 Å². The number of aromatic nitrogens is 2. The molecule has 0 radical (unpaired) electrons. The van der Waals surface area contributed by atoms with Gasteiger partial charge in [0.1, 0.15) is 24.0 Å². The van der Waals surface area contributed by atoms with E-state index in [4.69, 9.17) is 4.74 Å². The fourth-order valence-electron chi connectivity index (χ4n) is 3.79. The third-order valence-corrected chi connectivity index (χ3v) is 7.37. The van der Waals surface area contributed by atoms with E-state index in [2.05, 4.69) is 9.97 Å². The third-order valence-electron chi connectivity index (χ3n) is 5.62. The van der Waals surface area contributed by atoms with E-state index < -0.39 is 34.2 Å². The summed E-state index contributed by atoms with van der Waals surface area (Å²) in [6.07, 6.45) is 1.56. The smallest absolute Gasteiger partial charge is 0.338 e. The van der Waals surface area contributed by atoms with E-state index >= 15 is 0 Å². The molecule has 0 unspecified atom stereocenters. The predicted octanol–water partition coefficient (Wildman–Crippen LogP) is 5.12. The van der Waals surface area contributed by atoms with Crippen molar-refractivity contribution in [2.75, 3.05) is 10.9 Å². The molecule has 0 atom stereocenters. The summed E-state index contributed by atoms with van der Waals surface area (Å²) in [5.41, 5.74) is 0.541. The Morgan fingerprint density at radius 1 is 1.06 bits per heavy atom. The van der Waals surface area contributed by atoms with Crippen LogP contribution in [0.25, 0.3) is 10.8 Å². The number of pyridine rings is 2. The van der Waals surface area contributed by atoms with Crippen LogP contribution in [0.3, 0.4) is 0 Å². The minimum Gasteiger partial charge on any atom is -0.462 e. The van der Waals surface area contributed by atoms with Gasteiger partial charge >= 0.3 is 5.97 Å². The van der Waals surface area contributed by atoms with Crippen LogP contribution in [0, 0.1) is 12.7 Å². The lowest BCUT2D eigenvalue weighted by molar-refractivity contribution is 0.0526. The molecule has 4 aromatic rings. The first-order chi connectivity index (χ1) is 17.3. The molecule has 2 aromatic carbocycles. The lowest BCUT2D eigenvalue weighted by Gasteiger charge is -2.25. The zero-order chi connectivity index (χ0) is 25.9. The average molecular weight is 512 g/mol. The number of aryl methyl sites for hydroxylation is 1. The van der Waals surface area contributed by atoms with E-state index in [1.165, 1.54) is 30.3 Å². The molecule has 0 aliphatic heterocycles. The number of esters is 1. The van der Waals surface area contributed by atoms with Crippen LogP contribution < -0.4 is 4.31 Å². The average Bonchev–Trinajstić information content (AvgIpc) is 2.89. The lowest BCUT2D eigenvalue weighted by atomic mass is 10.1. The van der Waals surface area contributed by atoms with Crippen LogP contribution >= 0.6 is 0 Å². The van der Waals surface area contributed by atoms with Crippen LogP contribution in [0.5, 0.6) is 0 Å². The minimum atomic E-state index is -4.24. The number of fused-ring (bicyclic) bond motifs is 1. The van der Waals surface area contributed by atoms with Crippen molar-refractivity contribution in [1.82, 2.24) is 9.97 Å². The highest BCUT2D eigenvalue weighted by Crippen LogP contribution is 2.31. The van der Waals surface area contributed by atoms with Gasteiger partial charge < -0.3 is 4.74 Å². The van der Waals surface area contributed by atoms with Gasteiger partial charge in [0.2, 0.25) is 0 Å². The molecule has 0 aliphatic carbocycles. The van der Waals surface area contributed by atoms with E-state index in [1.807, 2.05) is 24.3 Å². The van der Waals surface area contributed by atoms with Crippen LogP contribution in [0.4, 0.5) is 14.6 Å². The van der Waals surface area contributed by atoms with Crippen molar-refractivity contribution in [3.05, 3.63) is 95.2 Å². The minimum absolute atomic E-state index is 0.0993. The standard InChI is InChI=1S/C26H23F2N3O4S/c1-3-35-26(32)18-8-11-21(12-9-18)36(33,34)31(16-20-10-13-23(28)24(14-27)30-20)25-17(2)22-7-5-4-6-19(22)15-29-25/h4-13,15H,3,14,16H2,1-2H3. The fourth-order valence-corrected chi connectivity index (χ4v) is 5.24. The van der Waals surface area contributed by atoms with Crippen molar-refractivity contribution in [3.63, 3.8) is 0 Å². The van der Waals surface area contributed by atoms with Crippen molar-refractivity contribution < 1.29 is 26.7 Å². The maximum atomic E-state index is 13.8. The summed E-state index contributed by atoms with van der Waals surface area (Å²) in [7, 11) is -4.24. The highest BCUT2D eigenvalue weighted by atomic mass is 32.2. The van der Waals surface area contributed by atoms with E-state index in [0.717, 1.165) is 21.1 Å². The molecule has 0 aliphatic rings. The quantitative estimate of drug-likeness (QED) is 0.305. The van der Waals surface area contributed by atoms with E-state index in [1.54, 1.807) is 20.0 Å². The molecule has 0 N–H and O–H groups in total. The van der Waals surface area contributed by atoms with Crippen molar-refractivity contribution >= 4 is 32.6 Å². The zero-order valence-electron chi connectivity index (χ0n) is 19.6. The number of carbonyl (C=O) groups is 1. The topological polar surface area (TPSA) is 89.5 Å². The molecule has 0 spiro atoms. The van der Waals surface area contributed by atoms with Gasteiger partial charge in [-0.1, -0.05) is 24.3 Å². The number of anilines is 1. The number of sulfonamides is 1. The molecule has 0 bridgehead atoms. The van der Waals surface area contributed by atoms with Gasteiger partial charge in [-0.15, -0.1) is 0 Å². The Labute approximate surface area is 207 Å². The summed E-state index contributed by atoms with van der Waals surface area (Å²) in [6, 6.07) is 15.1. The Balaban J connectivity index is 1.83. The molecule has 0 saturated carbocycles. The molecule has 10 heteroatoms. The summed E-state index contributed by atoms with van der Waals surface area (Å²) in [5.74, 6) is -1.24. The summed E-state index contributed by atoms with van der Waals surface area (Å²) in [6.45, 7) is 2.16. The maximum Gasteiger partial charge on any atom is 0.338 e. The number of ether oxygens (including phenoxy) is 1. The van der Waals surface area contributed by atoms with Gasteiger partial charge in [0.15, 0.2) is 0 Å². The monoisotopic (exact) mass is 511 g/mol. The van der Waals surface area contributed by atoms with Crippen molar-refractivity contribution in [3.8, 4) is 0 Å². The SMILES string of the molecule is CCOC(=O)c1ccc(S(=O)(=O)N(Cc2ccc(F)c(CF)n2)c2ncc3ccccc3c2C)cc1. The van der Waals surface area contributed by atoms with E-state index in [0.29, 0.717) is 5.56 Å². The van der Waals surface area contributed by atoms with Gasteiger partial charge in [0.05, 0.1) is 29.3 Å². The Morgan fingerprint density at radius 3 is 2.47 bits per heavy atom. The summed E-state index contributed by atoms with van der Waals surface area (Å²) >= 11 is 0. The first kappa shape index (κ1) is 25.2. The number of hydrogen-bond donors (Lipinski definition) is 0. The second kappa shape index (κ2) is 10.4. The van der Waals surface area contributed by atoms with Crippen molar-refractivity contribution in [2.45, 2.75) is 32.0 Å². The van der Waals surface area contributed by atoms with Gasteiger partial charge in [-0.2, -0.15) is 0 Å². The number of alkyl halides is 1. The largest absolute Gasteiger partial charge is 0.462 e. The molecule has 186 valence electrons. The number of benzene rings is 2. The summed E-state index contributed by atoms with van der Waals surface area (Å²) < 4.78 is 60.8. The number of hydrogen-bond acceptors (Lipinski definition) is 6. The third kappa shape index (κ3) is 4.90. The first-order valence-electron chi connectivity index (χ1n) is 11.1. The Kier molecular flexibility index (Phi) is 7.25. The molecule has 0 fully saturated rings. The molecule has 0 amide bonds. The number of rotatable bonds is 8. The Hall–Kier alpha value is -3.92. The molecular weight excluding hydrogens is 488 g/mol. The number of carbonyl (C=O) groups excluding carboxylic acids is 1. The van der Waals surface area contributed by atoms with Gasteiger partial charge in [-0.25, -0.2) is 31.3 Å². The first-order valence-corrected chi connectivity index (χ1v) is 12.5. The summed E-state index contributed by atoms with van der Waals surface area (Å²) in [5, 5.41) is 1.63. The Morgan fingerprint density at radius 2 is 1.78 bits per heavy atom. The van der Waals surface area contributed by atoms with Crippen LogP contribution in [-0.4, -0.2) is 31.0 Å². The van der Waals surface area contributed by atoms with Gasteiger partial charge in [0, 0.05) is 17.1 Å². The van der Waals surface area contributed by atoms with E-state index in [-0.39, 0.29) is 35.1 Å². The second-order valence-corrected chi connectivity index (χ2v) is 9.78. The van der Waals surface area contributed by atoms with Gasteiger partial charge in [0.25, 0.3) is 10.0 Å². The number of halogens is 2. The normalized spacial score (nSPS) is 11.4. The lowest BCUT2D eigenvalue weighted by Crippen LogP contribution is -2.32. The van der Waals surface area contributed by atoms with Crippen LogP contribution in [0.2, 0.25) is 0 Å². The second-order valence-electron chi connectivity index (χ2n) is 7.92. The fraction of sp³-hybridized carbons (Fsp3) is 0.192. The van der Waals surface area contributed by atoms with Gasteiger partial charge in [-0.05, 0) is 55.6 Å². The van der Waals surface area contributed by atoms with E-state index in [9.17, 15) is 22.0 Å². The van der Waals surface area contributed by atoms with Crippen LogP contribution in [-0.2, 0) is 28.0 Å². The molecule has 7 nitrogen and oxygen atoms in total. The molecule has 4 rings (SSSR count).